The molecule has 0 aliphatic carbocycles. The van der Waals surface area contributed by atoms with E-state index in [9.17, 15) is 9.59 Å². The smallest absolute Gasteiger partial charge is 0.321 e. The van der Waals surface area contributed by atoms with Gasteiger partial charge in [-0.1, -0.05) is 18.2 Å². The molecule has 3 amide bonds. The van der Waals surface area contributed by atoms with Crippen molar-refractivity contribution in [1.29, 1.82) is 0 Å². The lowest BCUT2D eigenvalue weighted by Gasteiger charge is -2.16. The summed E-state index contributed by atoms with van der Waals surface area (Å²) in [6, 6.07) is 9.14. The lowest BCUT2D eigenvalue weighted by Crippen LogP contribution is -2.43. The Morgan fingerprint density at radius 2 is 1.95 bits per heavy atom. The zero-order valence-corrected chi connectivity index (χ0v) is 12.6. The standard InChI is InChI=1S/C15H23N3O3/c1-3-16-15(20)17-14(19)12-18(2)10-7-11-21-13-8-5-4-6-9-13/h4-6,8-9H,3,7,10-12H2,1-2H3,(H2,16,17,19,20). The van der Waals surface area contributed by atoms with Crippen molar-refractivity contribution >= 4 is 11.9 Å². The first kappa shape index (κ1) is 17.0. The minimum absolute atomic E-state index is 0.183. The number of amides is 3. The van der Waals surface area contributed by atoms with E-state index in [2.05, 4.69) is 10.6 Å². The lowest BCUT2D eigenvalue weighted by atomic mass is 10.3. The van der Waals surface area contributed by atoms with E-state index < -0.39 is 6.03 Å². The summed E-state index contributed by atoms with van der Waals surface area (Å²) in [5, 5.41) is 4.78. The number of urea groups is 1. The van der Waals surface area contributed by atoms with Gasteiger partial charge >= 0.3 is 6.03 Å². The maximum absolute atomic E-state index is 11.5. The fourth-order valence-corrected chi connectivity index (χ4v) is 1.74. The maximum atomic E-state index is 11.5. The lowest BCUT2D eigenvalue weighted by molar-refractivity contribution is -0.120. The number of likely N-dealkylation sites (N-methyl/N-ethyl adjacent to an activating group) is 1. The molecule has 2 N–H and O–H groups in total. The molecule has 0 heterocycles. The highest BCUT2D eigenvalue weighted by Gasteiger charge is 2.09. The fourth-order valence-electron chi connectivity index (χ4n) is 1.74. The second-order valence-corrected chi connectivity index (χ2v) is 4.66. The third kappa shape index (κ3) is 7.94. The fraction of sp³-hybridized carbons (Fsp3) is 0.467. The van der Waals surface area contributed by atoms with Gasteiger partial charge in [-0.15, -0.1) is 0 Å². The zero-order valence-electron chi connectivity index (χ0n) is 12.6. The molecular formula is C15H23N3O3. The number of rotatable bonds is 8. The van der Waals surface area contributed by atoms with Crippen molar-refractivity contribution in [2.24, 2.45) is 0 Å². The minimum atomic E-state index is -0.455. The summed E-state index contributed by atoms with van der Waals surface area (Å²) in [6.07, 6.45) is 0.805. The number of imide groups is 1. The van der Waals surface area contributed by atoms with Crippen LogP contribution in [0.25, 0.3) is 0 Å². The molecule has 0 aliphatic rings. The Kier molecular flexibility index (Phi) is 7.89. The average Bonchev–Trinajstić information content (AvgIpc) is 2.44. The zero-order chi connectivity index (χ0) is 15.5. The van der Waals surface area contributed by atoms with Crippen LogP contribution in [0.4, 0.5) is 4.79 Å². The van der Waals surface area contributed by atoms with Gasteiger partial charge in [0.2, 0.25) is 5.91 Å². The third-order valence-corrected chi connectivity index (χ3v) is 2.70. The molecule has 1 rings (SSSR count). The van der Waals surface area contributed by atoms with Crippen molar-refractivity contribution in [2.45, 2.75) is 13.3 Å². The van der Waals surface area contributed by atoms with Gasteiger partial charge in [0.1, 0.15) is 5.75 Å². The van der Waals surface area contributed by atoms with Crippen molar-refractivity contribution in [3.05, 3.63) is 30.3 Å². The number of hydrogen-bond acceptors (Lipinski definition) is 4. The Morgan fingerprint density at radius 3 is 2.62 bits per heavy atom. The molecule has 1 aromatic carbocycles. The highest BCUT2D eigenvalue weighted by atomic mass is 16.5. The Balaban J connectivity index is 2.12. The molecule has 1 aromatic rings. The van der Waals surface area contributed by atoms with E-state index in [1.165, 1.54) is 0 Å². The number of nitrogens with one attached hydrogen (secondary N) is 2. The Morgan fingerprint density at radius 1 is 1.24 bits per heavy atom. The highest BCUT2D eigenvalue weighted by Crippen LogP contribution is 2.08. The van der Waals surface area contributed by atoms with Crippen molar-refractivity contribution in [1.82, 2.24) is 15.5 Å². The summed E-state index contributed by atoms with van der Waals surface area (Å²) in [4.78, 5) is 24.6. The van der Waals surface area contributed by atoms with Gasteiger partial charge in [0.05, 0.1) is 13.2 Å². The van der Waals surface area contributed by atoms with Crippen LogP contribution < -0.4 is 15.4 Å². The van der Waals surface area contributed by atoms with Gasteiger partial charge in [0, 0.05) is 13.1 Å². The molecule has 6 nitrogen and oxygen atoms in total. The van der Waals surface area contributed by atoms with Crippen LogP contribution >= 0.6 is 0 Å². The van der Waals surface area contributed by atoms with Crippen molar-refractivity contribution < 1.29 is 14.3 Å². The van der Waals surface area contributed by atoms with E-state index in [1.54, 1.807) is 6.92 Å². The van der Waals surface area contributed by atoms with Gasteiger partial charge in [-0.3, -0.25) is 15.0 Å². The van der Waals surface area contributed by atoms with E-state index in [0.717, 1.165) is 18.7 Å². The molecule has 6 heteroatoms. The summed E-state index contributed by atoms with van der Waals surface area (Å²) >= 11 is 0. The number of nitrogens with zero attached hydrogens (tertiary/aromatic N) is 1. The average molecular weight is 293 g/mol. The first-order chi connectivity index (χ1) is 10.1. The quantitative estimate of drug-likeness (QED) is 0.707. The predicted octanol–water partition coefficient (Wildman–Crippen LogP) is 1.23. The van der Waals surface area contributed by atoms with Gasteiger partial charge in [-0.2, -0.15) is 0 Å². The third-order valence-electron chi connectivity index (χ3n) is 2.70. The van der Waals surface area contributed by atoms with Crippen molar-refractivity contribution in [2.75, 3.05) is 33.3 Å². The summed E-state index contributed by atoms with van der Waals surface area (Å²) in [6.45, 7) is 3.78. The minimum Gasteiger partial charge on any atom is -0.494 e. The topological polar surface area (TPSA) is 70.7 Å². The second-order valence-electron chi connectivity index (χ2n) is 4.66. The first-order valence-electron chi connectivity index (χ1n) is 7.06. The molecule has 0 radical (unpaired) electrons. The Labute approximate surface area is 125 Å². The normalized spacial score (nSPS) is 10.2. The van der Waals surface area contributed by atoms with Gasteiger partial charge in [-0.25, -0.2) is 4.79 Å². The molecule has 0 unspecified atom stereocenters. The molecule has 0 saturated carbocycles. The maximum Gasteiger partial charge on any atom is 0.321 e. The number of ether oxygens (including phenoxy) is 1. The van der Waals surface area contributed by atoms with Gasteiger partial charge in [-0.05, 0) is 32.5 Å². The molecule has 0 bridgehead atoms. The Hall–Kier alpha value is -2.08. The van der Waals surface area contributed by atoms with E-state index in [0.29, 0.717) is 13.2 Å². The highest BCUT2D eigenvalue weighted by molar-refractivity contribution is 5.95. The van der Waals surface area contributed by atoms with E-state index in [4.69, 9.17) is 4.74 Å². The molecule has 0 saturated heterocycles. The molecular weight excluding hydrogens is 270 g/mol. The van der Waals surface area contributed by atoms with E-state index in [1.807, 2.05) is 42.3 Å². The summed E-state index contributed by atoms with van der Waals surface area (Å²) < 4.78 is 5.57. The molecule has 21 heavy (non-hydrogen) atoms. The van der Waals surface area contributed by atoms with E-state index >= 15 is 0 Å². The summed E-state index contributed by atoms with van der Waals surface area (Å²) in [5.74, 6) is 0.529. The van der Waals surface area contributed by atoms with Gasteiger partial charge in [0.15, 0.2) is 0 Å². The number of benzene rings is 1. The number of para-hydroxylation sites is 1. The predicted molar refractivity (Wildman–Crippen MR) is 81.3 cm³/mol. The molecule has 0 atom stereocenters. The largest absolute Gasteiger partial charge is 0.494 e. The number of hydrogen-bond donors (Lipinski definition) is 2. The van der Waals surface area contributed by atoms with Gasteiger partial charge in [0.25, 0.3) is 0 Å². The van der Waals surface area contributed by atoms with Crippen LogP contribution in [-0.4, -0.2) is 50.1 Å². The molecule has 0 fully saturated rings. The monoisotopic (exact) mass is 293 g/mol. The first-order valence-corrected chi connectivity index (χ1v) is 7.06. The molecule has 0 aromatic heterocycles. The second kappa shape index (κ2) is 9.77. The van der Waals surface area contributed by atoms with Crippen molar-refractivity contribution in [3.63, 3.8) is 0 Å². The summed E-state index contributed by atoms with van der Waals surface area (Å²) in [5.41, 5.74) is 0. The molecule has 116 valence electrons. The van der Waals surface area contributed by atoms with Crippen LogP contribution in [-0.2, 0) is 4.79 Å². The van der Waals surface area contributed by atoms with Crippen LogP contribution in [0.2, 0.25) is 0 Å². The van der Waals surface area contributed by atoms with E-state index in [-0.39, 0.29) is 12.5 Å². The van der Waals surface area contributed by atoms with Crippen LogP contribution in [0, 0.1) is 0 Å². The molecule has 0 spiro atoms. The van der Waals surface area contributed by atoms with Gasteiger partial charge < -0.3 is 10.1 Å². The van der Waals surface area contributed by atoms with Crippen LogP contribution in [0.5, 0.6) is 5.75 Å². The van der Waals surface area contributed by atoms with Crippen LogP contribution in [0.1, 0.15) is 13.3 Å². The van der Waals surface area contributed by atoms with Crippen LogP contribution in [0.15, 0.2) is 30.3 Å². The Bertz CT molecular complexity index is 437. The molecule has 0 aliphatic heterocycles. The SMILES string of the molecule is CCNC(=O)NC(=O)CN(C)CCCOc1ccccc1. The summed E-state index contributed by atoms with van der Waals surface area (Å²) in [7, 11) is 1.83. The van der Waals surface area contributed by atoms with Crippen molar-refractivity contribution in [3.8, 4) is 5.75 Å². The van der Waals surface area contributed by atoms with Crippen LogP contribution in [0.3, 0.4) is 0 Å². The number of carbonyl (C=O) groups excluding carboxylic acids is 2. The number of carbonyl (C=O) groups is 2.